The van der Waals surface area contributed by atoms with E-state index in [0.29, 0.717) is 23.1 Å². The molecule has 1 N–H and O–H groups in total. The highest BCUT2D eigenvalue weighted by Crippen LogP contribution is 2.40. The van der Waals surface area contributed by atoms with Crippen LogP contribution in [0, 0.1) is 0 Å². The number of hydrogen-bond donors (Lipinski definition) is 1. The number of rotatable bonds is 5. The van der Waals surface area contributed by atoms with Gasteiger partial charge in [-0.1, -0.05) is 29.3 Å². The lowest BCUT2D eigenvalue weighted by Crippen LogP contribution is -2.40. The molecule has 8 nitrogen and oxygen atoms in total. The van der Waals surface area contributed by atoms with Crippen molar-refractivity contribution in [3.8, 4) is 22.5 Å². The molecule has 1 fully saturated rings. The lowest BCUT2D eigenvalue weighted by molar-refractivity contribution is -0.150. The molecule has 1 aliphatic heterocycles. The summed E-state index contributed by atoms with van der Waals surface area (Å²) in [5, 5.41) is 8.71. The van der Waals surface area contributed by atoms with E-state index in [0.717, 1.165) is 41.1 Å². The van der Waals surface area contributed by atoms with Gasteiger partial charge < -0.3 is 9.64 Å². The molecule has 0 aliphatic carbocycles. The Labute approximate surface area is 194 Å². The third-order valence-electron chi connectivity index (χ3n) is 5.48. The maximum absolute atomic E-state index is 12.3. The first kappa shape index (κ1) is 22.2. The van der Waals surface area contributed by atoms with Crippen LogP contribution in [0.25, 0.3) is 22.5 Å². The molecule has 2 aromatic heterocycles. The summed E-state index contributed by atoms with van der Waals surface area (Å²) in [5.74, 6) is -0.493. The Balaban J connectivity index is 1.61. The number of piperidine rings is 1. The molecule has 0 spiro atoms. The van der Waals surface area contributed by atoms with E-state index in [-0.39, 0.29) is 18.4 Å². The number of hydrogen-bond acceptors (Lipinski definition) is 6. The van der Waals surface area contributed by atoms with Crippen LogP contribution < -0.4 is 0 Å². The van der Waals surface area contributed by atoms with Crippen molar-refractivity contribution >= 4 is 35.1 Å². The van der Waals surface area contributed by atoms with E-state index in [1.807, 2.05) is 12.1 Å². The molecule has 1 saturated heterocycles. The van der Waals surface area contributed by atoms with E-state index in [1.54, 1.807) is 23.2 Å². The van der Waals surface area contributed by atoms with E-state index in [9.17, 15) is 9.59 Å². The van der Waals surface area contributed by atoms with Gasteiger partial charge >= 0.3 is 5.97 Å². The van der Waals surface area contributed by atoms with Crippen molar-refractivity contribution in [1.82, 2.24) is 25.1 Å². The molecule has 10 heteroatoms. The van der Waals surface area contributed by atoms with Crippen molar-refractivity contribution in [2.45, 2.75) is 25.7 Å². The average Bonchev–Trinajstić information content (AvgIpc) is 3.25. The Hall–Kier alpha value is -2.97. The van der Waals surface area contributed by atoms with Gasteiger partial charge in [-0.2, -0.15) is 5.10 Å². The van der Waals surface area contributed by atoms with E-state index in [1.165, 1.54) is 13.3 Å². The molecular weight excluding hydrogens is 453 g/mol. The largest absolute Gasteiger partial charge is 0.456 e. The predicted molar refractivity (Wildman–Crippen MR) is 120 cm³/mol. The smallest absolute Gasteiger partial charge is 0.303 e. The fourth-order valence-corrected chi connectivity index (χ4v) is 4.17. The topological polar surface area (TPSA) is 101 Å². The first-order valence-corrected chi connectivity index (χ1v) is 10.9. The van der Waals surface area contributed by atoms with Gasteiger partial charge in [0.05, 0.1) is 15.7 Å². The molecule has 3 aromatic rings. The lowest BCUT2D eigenvalue weighted by Gasteiger charge is -2.31. The number of likely N-dealkylation sites (tertiary alicyclic amines) is 1. The van der Waals surface area contributed by atoms with Crippen LogP contribution >= 0.6 is 23.2 Å². The Morgan fingerprint density at radius 2 is 1.97 bits per heavy atom. The highest BCUT2D eigenvalue weighted by Gasteiger charge is 2.29. The fourth-order valence-electron chi connectivity index (χ4n) is 3.87. The van der Waals surface area contributed by atoms with E-state index in [2.05, 4.69) is 20.2 Å². The molecule has 1 aliphatic rings. The van der Waals surface area contributed by atoms with Crippen molar-refractivity contribution in [2.75, 3.05) is 19.7 Å². The number of halogens is 2. The summed E-state index contributed by atoms with van der Waals surface area (Å²) in [6.07, 6.45) is 4.68. The van der Waals surface area contributed by atoms with Crippen molar-refractivity contribution in [2.24, 2.45) is 0 Å². The number of nitrogens with one attached hydrogen (secondary N) is 1. The molecule has 0 unspecified atom stereocenters. The van der Waals surface area contributed by atoms with Gasteiger partial charge in [-0.25, -0.2) is 9.97 Å². The third-order valence-corrected chi connectivity index (χ3v) is 6.22. The van der Waals surface area contributed by atoms with Crippen LogP contribution in [0.15, 0.2) is 36.8 Å². The number of H-pyrrole nitrogens is 1. The monoisotopic (exact) mass is 473 g/mol. The molecule has 0 saturated carbocycles. The summed E-state index contributed by atoms with van der Waals surface area (Å²) >= 11 is 12.3. The van der Waals surface area contributed by atoms with Crippen LogP contribution in [0.5, 0.6) is 0 Å². The van der Waals surface area contributed by atoms with Gasteiger partial charge in [0.25, 0.3) is 5.91 Å². The molecule has 0 bridgehead atoms. The number of ether oxygens (including phenoxy) is 1. The Kier molecular flexibility index (Phi) is 6.72. The average molecular weight is 474 g/mol. The molecule has 0 atom stereocenters. The molecule has 1 amide bonds. The number of carbonyl (C=O) groups is 2. The van der Waals surface area contributed by atoms with Gasteiger partial charge in [0.15, 0.2) is 6.61 Å². The second-order valence-corrected chi connectivity index (χ2v) is 8.33. The maximum atomic E-state index is 12.3. The summed E-state index contributed by atoms with van der Waals surface area (Å²) in [4.78, 5) is 33.4. The molecule has 4 rings (SSSR count). The minimum Gasteiger partial charge on any atom is -0.456 e. The van der Waals surface area contributed by atoms with Crippen LogP contribution in [0.2, 0.25) is 10.0 Å². The zero-order valence-electron chi connectivity index (χ0n) is 17.3. The number of amides is 1. The first-order chi connectivity index (χ1) is 15.4. The highest BCUT2D eigenvalue weighted by molar-refractivity contribution is 6.42. The molecular formula is C22H21Cl2N5O3. The van der Waals surface area contributed by atoms with E-state index in [4.69, 9.17) is 27.9 Å². The summed E-state index contributed by atoms with van der Waals surface area (Å²) in [7, 11) is 0. The maximum Gasteiger partial charge on any atom is 0.303 e. The molecule has 32 heavy (non-hydrogen) atoms. The number of benzene rings is 1. The van der Waals surface area contributed by atoms with Gasteiger partial charge in [-0.3, -0.25) is 14.7 Å². The molecule has 1 aromatic carbocycles. The van der Waals surface area contributed by atoms with Crippen molar-refractivity contribution in [3.05, 3.63) is 52.5 Å². The second kappa shape index (κ2) is 9.67. The van der Waals surface area contributed by atoms with Gasteiger partial charge in [0.1, 0.15) is 12.0 Å². The van der Waals surface area contributed by atoms with E-state index >= 15 is 0 Å². The number of aromatic nitrogens is 4. The van der Waals surface area contributed by atoms with E-state index < -0.39 is 5.97 Å². The molecule has 3 heterocycles. The van der Waals surface area contributed by atoms with Gasteiger partial charge in [0.2, 0.25) is 0 Å². The number of nitrogens with zero attached hydrogens (tertiary/aromatic N) is 4. The van der Waals surface area contributed by atoms with Crippen LogP contribution in [-0.4, -0.2) is 56.6 Å². The third kappa shape index (κ3) is 4.76. The predicted octanol–water partition coefficient (Wildman–Crippen LogP) is 4.11. The zero-order valence-corrected chi connectivity index (χ0v) is 18.9. The quantitative estimate of drug-likeness (QED) is 0.559. The number of aromatic amines is 1. The Bertz CT molecular complexity index is 1130. The van der Waals surface area contributed by atoms with Crippen LogP contribution in [-0.2, 0) is 14.3 Å². The first-order valence-electron chi connectivity index (χ1n) is 10.1. The van der Waals surface area contributed by atoms with Gasteiger partial charge in [-0.05, 0) is 31.0 Å². The summed E-state index contributed by atoms with van der Waals surface area (Å²) in [5.41, 5.74) is 4.14. The van der Waals surface area contributed by atoms with Crippen molar-refractivity contribution < 1.29 is 14.3 Å². The van der Waals surface area contributed by atoms with Crippen molar-refractivity contribution in [1.29, 1.82) is 0 Å². The number of esters is 1. The minimum atomic E-state index is -0.463. The normalized spacial score (nSPS) is 14.4. The van der Waals surface area contributed by atoms with Crippen LogP contribution in [0.1, 0.15) is 31.4 Å². The van der Waals surface area contributed by atoms with Crippen LogP contribution in [0.3, 0.4) is 0 Å². The Morgan fingerprint density at radius 1 is 1.19 bits per heavy atom. The van der Waals surface area contributed by atoms with Crippen LogP contribution in [0.4, 0.5) is 0 Å². The summed E-state index contributed by atoms with van der Waals surface area (Å²) in [6, 6.07) is 7.23. The highest BCUT2D eigenvalue weighted by atomic mass is 35.5. The zero-order chi connectivity index (χ0) is 22.7. The summed E-state index contributed by atoms with van der Waals surface area (Å²) < 4.78 is 4.83. The number of carbonyl (C=O) groups excluding carboxylic acids is 2. The SMILES string of the molecule is CC(=O)OCC(=O)N1CCC(c2[nH]nc(-c3ccc(Cl)c(Cl)c3)c2-c2ccncn2)CC1. The lowest BCUT2D eigenvalue weighted by atomic mass is 9.89. The minimum absolute atomic E-state index is 0.154. The van der Waals surface area contributed by atoms with Gasteiger partial charge in [0, 0.05) is 48.9 Å². The fraction of sp³-hybridized carbons (Fsp3) is 0.318. The summed E-state index contributed by atoms with van der Waals surface area (Å²) in [6.45, 7) is 2.19. The second-order valence-electron chi connectivity index (χ2n) is 7.52. The van der Waals surface area contributed by atoms with Gasteiger partial charge in [-0.15, -0.1) is 0 Å². The van der Waals surface area contributed by atoms with Crippen molar-refractivity contribution in [3.63, 3.8) is 0 Å². The Morgan fingerprint density at radius 3 is 2.62 bits per heavy atom. The standard InChI is InChI=1S/C22H21Cl2N5O3/c1-13(30)32-11-19(31)29-8-5-14(6-9-29)21-20(18-4-7-25-12-26-18)22(28-27-21)15-2-3-16(23)17(24)10-15/h2-4,7,10,12,14H,5-6,8-9,11H2,1H3,(H,27,28). The molecule has 0 radical (unpaired) electrons. The molecule has 166 valence electrons.